The molecule has 2 amide bonds. The summed E-state index contributed by atoms with van der Waals surface area (Å²) in [6, 6.07) is 14.1. The van der Waals surface area contributed by atoms with Crippen molar-refractivity contribution in [1.29, 1.82) is 0 Å². The Bertz CT molecular complexity index is 907. The van der Waals surface area contributed by atoms with Gasteiger partial charge in [-0.3, -0.25) is 9.59 Å². The molecule has 0 aromatic heterocycles. The first-order chi connectivity index (χ1) is 14.7. The molecule has 1 saturated carbocycles. The molecule has 0 saturated heterocycles. The lowest BCUT2D eigenvalue weighted by atomic mass is 10.0. The van der Waals surface area contributed by atoms with Crippen molar-refractivity contribution < 1.29 is 19.4 Å². The molecule has 3 N–H and O–H groups in total. The highest BCUT2D eigenvalue weighted by Gasteiger charge is 2.32. The number of hydrogen-bond acceptors (Lipinski definition) is 4. The van der Waals surface area contributed by atoms with Crippen LogP contribution < -0.4 is 15.4 Å². The predicted molar refractivity (Wildman–Crippen MR) is 126 cm³/mol. The molecule has 1 aliphatic rings. The standard InChI is InChI=1S/C24H32N2O4S/c1-30-20-11-6-16(7-12-20)22(26-23(28)17-5-10-19(27)15-17)24(29)25-18-8-13-21(14-9-18)31(2,3)4/h6-9,11-14,17,19,22,27H,5,10,15H2,1-4H3,(H,25,29)(H,26,28). The lowest BCUT2D eigenvalue weighted by Gasteiger charge is -2.26. The lowest BCUT2D eigenvalue weighted by molar-refractivity contribution is -0.129. The summed E-state index contributed by atoms with van der Waals surface area (Å²) in [4.78, 5) is 27.2. The van der Waals surface area contributed by atoms with Crippen LogP contribution in [0.1, 0.15) is 30.9 Å². The number of carbonyl (C=O) groups is 2. The van der Waals surface area contributed by atoms with Gasteiger partial charge in [-0.05, 0) is 84.9 Å². The molecule has 0 heterocycles. The number of methoxy groups -OCH3 is 1. The largest absolute Gasteiger partial charge is 0.497 e. The van der Waals surface area contributed by atoms with Crippen molar-refractivity contribution in [2.75, 3.05) is 31.2 Å². The summed E-state index contributed by atoms with van der Waals surface area (Å²) in [5, 5.41) is 15.6. The summed E-state index contributed by atoms with van der Waals surface area (Å²) in [6.45, 7) is 0. The number of aliphatic hydroxyl groups is 1. The summed E-state index contributed by atoms with van der Waals surface area (Å²) >= 11 is 0. The summed E-state index contributed by atoms with van der Waals surface area (Å²) < 4.78 is 5.20. The first kappa shape index (κ1) is 23.2. The van der Waals surface area contributed by atoms with Crippen LogP contribution in [0.5, 0.6) is 5.75 Å². The minimum Gasteiger partial charge on any atom is -0.497 e. The van der Waals surface area contributed by atoms with Crippen LogP contribution in [0.4, 0.5) is 5.69 Å². The molecule has 168 valence electrons. The van der Waals surface area contributed by atoms with Gasteiger partial charge >= 0.3 is 0 Å². The van der Waals surface area contributed by atoms with Crippen molar-refractivity contribution in [1.82, 2.24) is 5.32 Å². The van der Waals surface area contributed by atoms with E-state index in [1.54, 1.807) is 31.4 Å². The average Bonchev–Trinajstić information content (AvgIpc) is 3.18. The molecule has 2 aromatic carbocycles. The summed E-state index contributed by atoms with van der Waals surface area (Å²) in [6.07, 6.45) is 7.87. The third kappa shape index (κ3) is 6.02. The Labute approximate surface area is 185 Å². The fourth-order valence-corrected chi connectivity index (χ4v) is 4.67. The lowest BCUT2D eigenvalue weighted by Crippen LogP contribution is -2.39. The number of benzene rings is 2. The van der Waals surface area contributed by atoms with Gasteiger partial charge in [0.25, 0.3) is 5.91 Å². The zero-order chi connectivity index (χ0) is 22.6. The number of aliphatic hydroxyl groups excluding tert-OH is 1. The minimum absolute atomic E-state index is 0.209. The van der Waals surface area contributed by atoms with E-state index in [0.717, 1.165) is 0 Å². The van der Waals surface area contributed by atoms with E-state index in [4.69, 9.17) is 4.74 Å². The zero-order valence-electron chi connectivity index (χ0n) is 18.6. The molecule has 1 aliphatic carbocycles. The van der Waals surface area contributed by atoms with E-state index in [9.17, 15) is 14.7 Å². The highest BCUT2D eigenvalue weighted by molar-refractivity contribution is 8.32. The SMILES string of the molecule is COc1ccc(C(NC(=O)C2CCC(O)C2)C(=O)Nc2ccc(S(C)(C)C)cc2)cc1. The molecule has 7 heteroatoms. The van der Waals surface area contributed by atoms with E-state index in [0.29, 0.717) is 36.3 Å². The Balaban J connectivity index is 1.78. The third-order valence-corrected chi connectivity index (χ3v) is 7.29. The van der Waals surface area contributed by atoms with Crippen LogP contribution in [0.2, 0.25) is 0 Å². The first-order valence-electron chi connectivity index (χ1n) is 10.4. The van der Waals surface area contributed by atoms with E-state index in [2.05, 4.69) is 29.4 Å². The fraction of sp³-hybridized carbons (Fsp3) is 0.417. The number of nitrogens with one attached hydrogen (secondary N) is 2. The number of amides is 2. The highest BCUT2D eigenvalue weighted by atomic mass is 32.3. The molecule has 3 rings (SSSR count). The van der Waals surface area contributed by atoms with Crippen LogP contribution in [0.3, 0.4) is 0 Å². The average molecular weight is 445 g/mol. The van der Waals surface area contributed by atoms with Crippen molar-refractivity contribution in [3.05, 3.63) is 54.1 Å². The van der Waals surface area contributed by atoms with E-state index in [1.165, 1.54) is 4.90 Å². The molecule has 2 aromatic rings. The maximum atomic E-state index is 13.2. The molecule has 0 spiro atoms. The molecular formula is C24H32N2O4S. The molecule has 1 fully saturated rings. The summed E-state index contributed by atoms with van der Waals surface area (Å²) in [7, 11) is 0.733. The number of anilines is 1. The topological polar surface area (TPSA) is 87.7 Å². The first-order valence-corrected chi connectivity index (χ1v) is 13.2. The monoisotopic (exact) mass is 444 g/mol. The van der Waals surface area contributed by atoms with Gasteiger partial charge in [-0.1, -0.05) is 12.1 Å². The van der Waals surface area contributed by atoms with Crippen LogP contribution in [-0.4, -0.2) is 48.9 Å². The number of ether oxygens (including phenoxy) is 1. The van der Waals surface area contributed by atoms with Gasteiger partial charge in [0.05, 0.1) is 13.2 Å². The third-order valence-electron chi connectivity index (χ3n) is 5.60. The second-order valence-electron chi connectivity index (χ2n) is 8.73. The van der Waals surface area contributed by atoms with Crippen molar-refractivity contribution in [3.8, 4) is 5.75 Å². The summed E-state index contributed by atoms with van der Waals surface area (Å²) in [5.41, 5.74) is 1.35. The number of hydrogen-bond donors (Lipinski definition) is 3. The molecular weight excluding hydrogens is 412 g/mol. The van der Waals surface area contributed by atoms with Crippen molar-refractivity contribution in [3.63, 3.8) is 0 Å². The second kappa shape index (κ2) is 9.75. The minimum atomic E-state index is -0.846. The van der Waals surface area contributed by atoms with Gasteiger partial charge in [-0.15, -0.1) is 0 Å². The van der Waals surface area contributed by atoms with Gasteiger partial charge in [0, 0.05) is 11.6 Å². The quantitative estimate of drug-likeness (QED) is 0.608. The van der Waals surface area contributed by atoms with E-state index < -0.39 is 22.2 Å². The van der Waals surface area contributed by atoms with Crippen LogP contribution in [0.25, 0.3) is 0 Å². The van der Waals surface area contributed by atoms with E-state index in [1.807, 2.05) is 24.3 Å². The fourth-order valence-electron chi connectivity index (χ4n) is 3.71. The molecule has 0 aliphatic heterocycles. The Morgan fingerprint density at radius 1 is 1.03 bits per heavy atom. The molecule has 6 nitrogen and oxygen atoms in total. The van der Waals surface area contributed by atoms with Gasteiger partial charge in [-0.2, -0.15) is 0 Å². The van der Waals surface area contributed by atoms with Crippen LogP contribution >= 0.6 is 10.0 Å². The molecule has 31 heavy (non-hydrogen) atoms. The van der Waals surface area contributed by atoms with Crippen LogP contribution in [-0.2, 0) is 9.59 Å². The Morgan fingerprint density at radius 2 is 1.68 bits per heavy atom. The molecule has 3 unspecified atom stereocenters. The number of rotatable bonds is 7. The highest BCUT2D eigenvalue weighted by Crippen LogP contribution is 2.45. The van der Waals surface area contributed by atoms with Gasteiger partial charge < -0.3 is 20.5 Å². The van der Waals surface area contributed by atoms with E-state index in [-0.39, 0.29) is 17.7 Å². The molecule has 0 bridgehead atoms. The normalized spacial score (nSPS) is 20.0. The maximum absolute atomic E-state index is 13.2. The molecule has 3 atom stereocenters. The zero-order valence-corrected chi connectivity index (χ0v) is 19.4. The Hall–Kier alpha value is -2.51. The maximum Gasteiger partial charge on any atom is 0.251 e. The van der Waals surface area contributed by atoms with Gasteiger partial charge in [0.1, 0.15) is 11.8 Å². The van der Waals surface area contributed by atoms with Gasteiger partial charge in [-0.25, -0.2) is 10.0 Å². The Morgan fingerprint density at radius 3 is 2.19 bits per heavy atom. The number of carbonyl (C=O) groups excluding carboxylic acids is 2. The second-order valence-corrected chi connectivity index (χ2v) is 12.9. The van der Waals surface area contributed by atoms with E-state index >= 15 is 0 Å². The van der Waals surface area contributed by atoms with Gasteiger partial charge in [0.2, 0.25) is 5.91 Å². The Kier molecular flexibility index (Phi) is 7.28. The smallest absolute Gasteiger partial charge is 0.251 e. The van der Waals surface area contributed by atoms with Crippen molar-refractivity contribution in [2.24, 2.45) is 5.92 Å². The molecule has 0 radical (unpaired) electrons. The van der Waals surface area contributed by atoms with Gasteiger partial charge in [0.15, 0.2) is 0 Å². The van der Waals surface area contributed by atoms with Crippen LogP contribution in [0, 0.1) is 5.92 Å². The summed E-state index contributed by atoms with van der Waals surface area (Å²) in [5.74, 6) is -0.127. The van der Waals surface area contributed by atoms with Crippen LogP contribution in [0.15, 0.2) is 53.4 Å². The van der Waals surface area contributed by atoms with Crippen molar-refractivity contribution in [2.45, 2.75) is 36.3 Å². The van der Waals surface area contributed by atoms with Crippen molar-refractivity contribution >= 4 is 27.5 Å². The predicted octanol–water partition coefficient (Wildman–Crippen LogP) is 3.71.